The summed E-state index contributed by atoms with van der Waals surface area (Å²) in [7, 11) is 0. The normalized spacial score (nSPS) is 10.6. The summed E-state index contributed by atoms with van der Waals surface area (Å²) in [6.07, 6.45) is 0. The number of nitro benzene ring substituents is 2. The molecule has 31 heavy (non-hydrogen) atoms. The van der Waals surface area contributed by atoms with E-state index in [1.807, 2.05) is 19.9 Å². The summed E-state index contributed by atoms with van der Waals surface area (Å²) in [5.41, 5.74) is -0.168. The van der Waals surface area contributed by atoms with Crippen LogP contribution in [-0.2, 0) is 6.54 Å². The van der Waals surface area contributed by atoms with E-state index in [0.29, 0.717) is 5.82 Å². The van der Waals surface area contributed by atoms with Crippen LogP contribution in [0.1, 0.15) is 21.7 Å². The van der Waals surface area contributed by atoms with Gasteiger partial charge in [0.05, 0.1) is 33.7 Å². The average Bonchev–Trinajstić information content (AvgIpc) is 3.06. The second-order valence-corrected chi connectivity index (χ2v) is 6.60. The van der Waals surface area contributed by atoms with Crippen molar-refractivity contribution in [3.8, 4) is 5.82 Å². The molecule has 1 N–H and O–H groups in total. The van der Waals surface area contributed by atoms with E-state index >= 15 is 0 Å². The largest absolute Gasteiger partial charge is 0.350 e. The van der Waals surface area contributed by atoms with Crippen LogP contribution >= 0.6 is 0 Å². The van der Waals surface area contributed by atoms with Gasteiger partial charge < -0.3 is 5.32 Å². The average molecular weight is 427 g/mol. The Morgan fingerprint density at radius 2 is 1.68 bits per heavy atom. The molecule has 13 nitrogen and oxygen atoms in total. The van der Waals surface area contributed by atoms with Crippen LogP contribution in [0.25, 0.3) is 5.82 Å². The van der Waals surface area contributed by atoms with Crippen molar-refractivity contribution in [3.63, 3.8) is 0 Å². The van der Waals surface area contributed by atoms with Crippen LogP contribution < -0.4 is 10.9 Å². The number of nitro groups is 2. The molecule has 0 aliphatic carbocycles. The van der Waals surface area contributed by atoms with Crippen LogP contribution in [0.4, 0.5) is 11.4 Å². The van der Waals surface area contributed by atoms with E-state index in [0.717, 1.165) is 34.3 Å². The molecular weight excluding hydrogens is 410 g/mol. The highest BCUT2D eigenvalue weighted by Crippen LogP contribution is 2.22. The van der Waals surface area contributed by atoms with Gasteiger partial charge in [0.2, 0.25) is 0 Å². The molecule has 3 aromatic rings. The lowest BCUT2D eigenvalue weighted by molar-refractivity contribution is -0.394. The molecule has 13 heteroatoms. The summed E-state index contributed by atoms with van der Waals surface area (Å²) in [5.74, 6) is -0.333. The molecule has 0 saturated carbocycles. The van der Waals surface area contributed by atoms with E-state index in [1.165, 1.54) is 12.1 Å². The molecular formula is C18H17N7O6. The number of nitrogens with zero attached hydrogens (tertiary/aromatic N) is 6. The number of carbonyl (C=O) groups excluding carboxylic acids is 1. The standard InChI is InChI=1S/C18H17N7O6/c1-11-7-12(2)23(20-11)16-3-4-17(26)22(21-16)6-5-19-18(27)13-8-14(24(28)29)10-15(9-13)25(30)31/h3-4,7-10H,5-6H2,1-2H3,(H,19,27). The third-order valence-corrected chi connectivity index (χ3v) is 4.27. The lowest BCUT2D eigenvalue weighted by Crippen LogP contribution is -2.32. The fourth-order valence-corrected chi connectivity index (χ4v) is 2.89. The molecule has 0 radical (unpaired) electrons. The molecule has 3 rings (SSSR count). The summed E-state index contributed by atoms with van der Waals surface area (Å²) < 4.78 is 2.72. The number of hydrogen-bond acceptors (Lipinski definition) is 8. The van der Waals surface area contributed by atoms with Crippen LogP contribution in [-0.4, -0.2) is 41.9 Å². The first-order valence-electron chi connectivity index (χ1n) is 8.99. The molecule has 0 atom stereocenters. The molecule has 2 heterocycles. The number of amides is 1. The third kappa shape index (κ3) is 4.77. The fourth-order valence-electron chi connectivity index (χ4n) is 2.89. The Bertz CT molecular complexity index is 1210. The van der Waals surface area contributed by atoms with E-state index in [9.17, 15) is 29.8 Å². The predicted octanol–water partition coefficient (Wildman–Crippen LogP) is 1.29. The van der Waals surface area contributed by atoms with Crippen LogP contribution in [0.3, 0.4) is 0 Å². The zero-order chi connectivity index (χ0) is 22.7. The summed E-state index contributed by atoms with van der Waals surface area (Å²) >= 11 is 0. The highest BCUT2D eigenvalue weighted by atomic mass is 16.6. The zero-order valence-corrected chi connectivity index (χ0v) is 16.5. The van der Waals surface area contributed by atoms with Gasteiger partial charge in [-0.2, -0.15) is 5.10 Å². The Morgan fingerprint density at radius 3 is 2.23 bits per heavy atom. The second kappa shape index (κ2) is 8.52. The van der Waals surface area contributed by atoms with Crippen molar-refractivity contribution in [3.05, 3.63) is 83.9 Å². The smallest absolute Gasteiger partial charge is 0.277 e. The number of rotatable bonds is 7. The van der Waals surface area contributed by atoms with Gasteiger partial charge in [-0.25, -0.2) is 9.36 Å². The number of non-ortho nitro benzene ring substituents is 2. The Hall–Kier alpha value is -4.42. The summed E-state index contributed by atoms with van der Waals surface area (Å²) in [6.45, 7) is 3.64. The second-order valence-electron chi connectivity index (χ2n) is 6.60. The van der Waals surface area contributed by atoms with Crippen molar-refractivity contribution in [2.75, 3.05) is 6.54 Å². The first-order valence-corrected chi connectivity index (χ1v) is 8.99. The number of aryl methyl sites for hydroxylation is 2. The summed E-state index contributed by atoms with van der Waals surface area (Å²) in [4.78, 5) is 44.7. The number of nitrogens with one attached hydrogen (secondary N) is 1. The quantitative estimate of drug-likeness (QED) is 0.434. The van der Waals surface area contributed by atoms with Crippen molar-refractivity contribution in [2.24, 2.45) is 0 Å². The maximum atomic E-state index is 12.3. The molecule has 0 saturated heterocycles. The molecule has 0 bridgehead atoms. The van der Waals surface area contributed by atoms with Crippen molar-refractivity contribution in [1.82, 2.24) is 24.9 Å². The van der Waals surface area contributed by atoms with E-state index in [2.05, 4.69) is 15.5 Å². The van der Waals surface area contributed by atoms with Gasteiger partial charge in [0.1, 0.15) is 0 Å². The molecule has 0 spiro atoms. The lowest BCUT2D eigenvalue weighted by atomic mass is 10.1. The Balaban J connectivity index is 1.75. The topological polar surface area (TPSA) is 168 Å². The monoisotopic (exact) mass is 427 g/mol. The molecule has 1 aromatic carbocycles. The lowest BCUT2D eigenvalue weighted by Gasteiger charge is -2.09. The molecule has 0 aliphatic rings. The van der Waals surface area contributed by atoms with Gasteiger partial charge in [0, 0.05) is 30.4 Å². The molecule has 160 valence electrons. The minimum Gasteiger partial charge on any atom is -0.350 e. The Kier molecular flexibility index (Phi) is 5.85. The summed E-state index contributed by atoms with van der Waals surface area (Å²) in [5, 5.41) is 32.9. The van der Waals surface area contributed by atoms with Crippen molar-refractivity contribution < 1.29 is 14.6 Å². The maximum absolute atomic E-state index is 12.3. The van der Waals surface area contributed by atoms with E-state index < -0.39 is 32.7 Å². The van der Waals surface area contributed by atoms with Crippen molar-refractivity contribution in [2.45, 2.75) is 20.4 Å². The van der Waals surface area contributed by atoms with Gasteiger partial charge >= 0.3 is 0 Å². The van der Waals surface area contributed by atoms with Crippen molar-refractivity contribution in [1.29, 1.82) is 0 Å². The SMILES string of the molecule is Cc1cc(C)n(-c2ccc(=O)n(CCNC(=O)c3cc([N+](=O)[O-])cc([N+](=O)[O-])c3)n2)n1. The zero-order valence-electron chi connectivity index (χ0n) is 16.5. The van der Waals surface area contributed by atoms with Gasteiger partial charge in [-0.1, -0.05) is 0 Å². The number of hydrogen-bond donors (Lipinski definition) is 1. The fraction of sp³-hybridized carbons (Fsp3) is 0.222. The van der Waals surface area contributed by atoms with Gasteiger partial charge in [0.25, 0.3) is 22.8 Å². The third-order valence-electron chi connectivity index (χ3n) is 4.27. The highest BCUT2D eigenvalue weighted by Gasteiger charge is 2.19. The van der Waals surface area contributed by atoms with Crippen LogP contribution in [0, 0.1) is 34.1 Å². The maximum Gasteiger partial charge on any atom is 0.277 e. The molecule has 0 unspecified atom stereocenters. The van der Waals surface area contributed by atoms with Gasteiger partial charge in [-0.05, 0) is 26.0 Å². The Morgan fingerprint density at radius 1 is 1.03 bits per heavy atom. The molecule has 1 amide bonds. The van der Waals surface area contributed by atoms with E-state index in [1.54, 1.807) is 4.68 Å². The minimum atomic E-state index is -0.822. The van der Waals surface area contributed by atoms with Gasteiger partial charge in [-0.3, -0.25) is 29.8 Å². The highest BCUT2D eigenvalue weighted by molar-refractivity contribution is 5.95. The van der Waals surface area contributed by atoms with Gasteiger partial charge in [-0.15, -0.1) is 5.10 Å². The Labute approximate surface area is 174 Å². The molecule has 0 fully saturated rings. The predicted molar refractivity (Wildman–Crippen MR) is 107 cm³/mol. The van der Waals surface area contributed by atoms with Crippen LogP contribution in [0.15, 0.2) is 41.2 Å². The number of aromatic nitrogens is 4. The number of benzene rings is 1. The van der Waals surface area contributed by atoms with Gasteiger partial charge in [0.15, 0.2) is 5.82 Å². The first kappa shape index (κ1) is 21.3. The first-order chi connectivity index (χ1) is 14.7. The van der Waals surface area contributed by atoms with E-state index in [4.69, 9.17) is 0 Å². The minimum absolute atomic E-state index is 0.00866. The summed E-state index contributed by atoms with van der Waals surface area (Å²) in [6, 6.07) is 7.36. The van der Waals surface area contributed by atoms with Crippen LogP contribution in [0.2, 0.25) is 0 Å². The van der Waals surface area contributed by atoms with E-state index in [-0.39, 0.29) is 18.7 Å². The van der Waals surface area contributed by atoms with Crippen molar-refractivity contribution >= 4 is 17.3 Å². The number of carbonyl (C=O) groups is 1. The molecule has 2 aromatic heterocycles. The van der Waals surface area contributed by atoms with Crippen LogP contribution in [0.5, 0.6) is 0 Å². The molecule has 0 aliphatic heterocycles.